The maximum absolute atomic E-state index is 13.6. The summed E-state index contributed by atoms with van der Waals surface area (Å²) in [6.07, 6.45) is 4.03. The van der Waals surface area contributed by atoms with Crippen LogP contribution in [0.15, 0.2) is 29.8 Å². The van der Waals surface area contributed by atoms with Crippen molar-refractivity contribution in [3.63, 3.8) is 0 Å². The van der Waals surface area contributed by atoms with Gasteiger partial charge in [-0.15, -0.1) is 0 Å². The van der Waals surface area contributed by atoms with Crippen LogP contribution in [0.1, 0.15) is 32.3 Å². The Hall–Kier alpha value is -1.22. The van der Waals surface area contributed by atoms with Gasteiger partial charge in [-0.25, -0.2) is 8.78 Å². The molecule has 18 heavy (non-hydrogen) atoms. The molecule has 0 heterocycles. The van der Waals surface area contributed by atoms with E-state index in [2.05, 4.69) is 13.8 Å². The fraction of sp³-hybridized carbons (Fsp3) is 0.467. The zero-order valence-electron chi connectivity index (χ0n) is 10.8. The smallest absolute Gasteiger partial charge is 0.129 e. The minimum absolute atomic E-state index is 0.0152. The molecule has 1 aliphatic rings. The fourth-order valence-electron chi connectivity index (χ4n) is 2.80. The van der Waals surface area contributed by atoms with Gasteiger partial charge in [0.15, 0.2) is 0 Å². The summed E-state index contributed by atoms with van der Waals surface area (Å²) in [5.41, 5.74) is 7.25. The average molecular weight is 251 g/mol. The average Bonchev–Trinajstić information content (AvgIpc) is 2.21. The highest BCUT2D eigenvalue weighted by Crippen LogP contribution is 2.36. The van der Waals surface area contributed by atoms with Crippen molar-refractivity contribution < 1.29 is 8.78 Å². The van der Waals surface area contributed by atoms with Crippen molar-refractivity contribution in [2.24, 2.45) is 11.1 Å². The Morgan fingerprint density at radius 3 is 2.44 bits per heavy atom. The number of rotatable bonds is 2. The molecule has 0 aromatic heterocycles. The molecule has 0 radical (unpaired) electrons. The lowest BCUT2D eigenvalue weighted by Gasteiger charge is -2.33. The zero-order chi connectivity index (χ0) is 13.3. The molecule has 1 unspecified atom stereocenters. The predicted octanol–water partition coefficient (Wildman–Crippen LogP) is 3.58. The first-order valence-corrected chi connectivity index (χ1v) is 6.25. The number of hydrogen-bond acceptors (Lipinski definition) is 1. The second-order valence-corrected chi connectivity index (χ2v) is 5.91. The third kappa shape index (κ3) is 2.96. The molecule has 3 heteroatoms. The number of nitrogens with two attached hydrogens (primary N) is 1. The molecule has 1 aliphatic carbocycles. The summed E-state index contributed by atoms with van der Waals surface area (Å²) in [5.74, 6) is -0.958. The Labute approximate surface area is 107 Å². The minimum atomic E-state index is -0.479. The van der Waals surface area contributed by atoms with Gasteiger partial charge in [-0.2, -0.15) is 0 Å². The van der Waals surface area contributed by atoms with E-state index < -0.39 is 11.6 Å². The molecule has 0 bridgehead atoms. The van der Waals surface area contributed by atoms with Crippen molar-refractivity contribution >= 4 is 0 Å². The molecule has 1 aromatic carbocycles. The van der Waals surface area contributed by atoms with E-state index in [0.29, 0.717) is 6.42 Å². The number of allylic oxidation sites excluding steroid dienone is 1. The molecule has 1 atom stereocenters. The van der Waals surface area contributed by atoms with Crippen LogP contribution < -0.4 is 5.73 Å². The van der Waals surface area contributed by atoms with Gasteiger partial charge < -0.3 is 5.73 Å². The van der Waals surface area contributed by atoms with E-state index in [1.165, 1.54) is 18.2 Å². The molecule has 0 spiro atoms. The Bertz CT molecular complexity index is 457. The van der Waals surface area contributed by atoms with Crippen LogP contribution in [0.4, 0.5) is 8.78 Å². The van der Waals surface area contributed by atoms with E-state index in [4.69, 9.17) is 5.73 Å². The van der Waals surface area contributed by atoms with Gasteiger partial charge in [0, 0.05) is 11.6 Å². The quantitative estimate of drug-likeness (QED) is 0.799. The molecule has 0 fully saturated rings. The first-order chi connectivity index (χ1) is 8.37. The van der Waals surface area contributed by atoms with Gasteiger partial charge in [0.25, 0.3) is 0 Å². The molecule has 0 saturated carbocycles. The monoisotopic (exact) mass is 251 g/mol. The first-order valence-electron chi connectivity index (χ1n) is 6.25. The number of benzene rings is 1. The van der Waals surface area contributed by atoms with E-state index >= 15 is 0 Å². The van der Waals surface area contributed by atoms with Crippen LogP contribution >= 0.6 is 0 Å². The van der Waals surface area contributed by atoms with Crippen molar-refractivity contribution in [2.45, 2.75) is 39.2 Å². The SMILES string of the molecule is CC1(C)CC(Cc2c(F)cccc2F)=CC(N)C1. The van der Waals surface area contributed by atoms with Gasteiger partial charge in [-0.1, -0.05) is 31.6 Å². The highest BCUT2D eigenvalue weighted by Gasteiger charge is 2.27. The normalized spacial score (nSPS) is 22.7. The summed E-state index contributed by atoms with van der Waals surface area (Å²) in [5, 5.41) is 0. The van der Waals surface area contributed by atoms with Gasteiger partial charge in [-0.3, -0.25) is 0 Å². The largest absolute Gasteiger partial charge is 0.324 e. The van der Waals surface area contributed by atoms with E-state index in [0.717, 1.165) is 18.4 Å². The van der Waals surface area contributed by atoms with Gasteiger partial charge in [0.1, 0.15) is 11.6 Å². The van der Waals surface area contributed by atoms with E-state index in [1.807, 2.05) is 6.08 Å². The van der Waals surface area contributed by atoms with E-state index in [-0.39, 0.29) is 17.0 Å². The third-order valence-corrected chi connectivity index (χ3v) is 3.41. The molecular formula is C15H19F2N. The van der Waals surface area contributed by atoms with E-state index in [9.17, 15) is 8.78 Å². The van der Waals surface area contributed by atoms with Crippen LogP contribution in [-0.2, 0) is 6.42 Å². The molecule has 98 valence electrons. The second kappa shape index (κ2) is 4.81. The molecule has 2 rings (SSSR count). The maximum Gasteiger partial charge on any atom is 0.129 e. The fourth-order valence-corrected chi connectivity index (χ4v) is 2.80. The third-order valence-electron chi connectivity index (χ3n) is 3.41. The molecular weight excluding hydrogens is 232 g/mol. The van der Waals surface area contributed by atoms with Crippen LogP contribution in [0.5, 0.6) is 0 Å². The Kier molecular flexibility index (Phi) is 3.53. The summed E-state index contributed by atoms with van der Waals surface area (Å²) in [6.45, 7) is 4.27. The van der Waals surface area contributed by atoms with Crippen molar-refractivity contribution in [3.8, 4) is 0 Å². The molecule has 2 N–H and O–H groups in total. The van der Waals surface area contributed by atoms with Crippen LogP contribution in [-0.4, -0.2) is 6.04 Å². The summed E-state index contributed by atoms with van der Waals surface area (Å²) in [6, 6.07) is 3.97. The summed E-state index contributed by atoms with van der Waals surface area (Å²) in [7, 11) is 0. The number of hydrogen-bond donors (Lipinski definition) is 1. The lowest BCUT2D eigenvalue weighted by atomic mass is 9.74. The van der Waals surface area contributed by atoms with Crippen LogP contribution in [0.25, 0.3) is 0 Å². The standard InChI is InChI=1S/C15H19F2N/c1-15(2)8-10(6-11(18)9-15)7-12-13(16)4-3-5-14(12)17/h3-6,11H,7-9,18H2,1-2H3. The number of halogens is 2. The van der Waals surface area contributed by atoms with Crippen LogP contribution in [0, 0.1) is 17.0 Å². The Balaban J connectivity index is 2.24. The van der Waals surface area contributed by atoms with Gasteiger partial charge in [0.2, 0.25) is 0 Å². The molecule has 1 aromatic rings. The lowest BCUT2D eigenvalue weighted by molar-refractivity contribution is 0.299. The minimum Gasteiger partial charge on any atom is -0.324 e. The summed E-state index contributed by atoms with van der Waals surface area (Å²) < 4.78 is 27.2. The highest BCUT2D eigenvalue weighted by molar-refractivity contribution is 5.27. The maximum atomic E-state index is 13.6. The topological polar surface area (TPSA) is 26.0 Å². The zero-order valence-corrected chi connectivity index (χ0v) is 10.8. The van der Waals surface area contributed by atoms with Gasteiger partial charge >= 0.3 is 0 Å². The van der Waals surface area contributed by atoms with Crippen molar-refractivity contribution in [1.29, 1.82) is 0 Å². The van der Waals surface area contributed by atoms with Crippen LogP contribution in [0.2, 0.25) is 0 Å². The first kappa shape index (κ1) is 13.2. The molecule has 1 nitrogen and oxygen atoms in total. The summed E-state index contributed by atoms with van der Waals surface area (Å²) in [4.78, 5) is 0. The van der Waals surface area contributed by atoms with Crippen LogP contribution in [0.3, 0.4) is 0 Å². The Morgan fingerprint density at radius 2 is 1.89 bits per heavy atom. The molecule has 0 amide bonds. The predicted molar refractivity (Wildman–Crippen MR) is 69.1 cm³/mol. The van der Waals surface area contributed by atoms with Crippen molar-refractivity contribution in [3.05, 3.63) is 47.0 Å². The molecule has 0 aliphatic heterocycles. The van der Waals surface area contributed by atoms with Gasteiger partial charge in [0.05, 0.1) is 0 Å². The van der Waals surface area contributed by atoms with E-state index in [1.54, 1.807) is 0 Å². The second-order valence-electron chi connectivity index (χ2n) is 5.91. The Morgan fingerprint density at radius 1 is 1.28 bits per heavy atom. The van der Waals surface area contributed by atoms with Gasteiger partial charge in [-0.05, 0) is 36.8 Å². The summed E-state index contributed by atoms with van der Waals surface area (Å²) >= 11 is 0. The molecule has 0 saturated heterocycles. The highest BCUT2D eigenvalue weighted by atomic mass is 19.1. The van der Waals surface area contributed by atoms with Crippen molar-refractivity contribution in [2.75, 3.05) is 0 Å². The van der Waals surface area contributed by atoms with Crippen molar-refractivity contribution in [1.82, 2.24) is 0 Å². The lowest BCUT2D eigenvalue weighted by Crippen LogP contribution is -2.31.